The summed E-state index contributed by atoms with van der Waals surface area (Å²) >= 11 is 0. The molecule has 0 spiro atoms. The van der Waals surface area contributed by atoms with E-state index in [1.807, 2.05) is 12.1 Å². The Kier molecular flexibility index (Phi) is 5.58. The molecule has 32 heavy (non-hydrogen) atoms. The Balaban J connectivity index is 2.08. The highest BCUT2D eigenvalue weighted by atomic mass is 32.2. The first-order chi connectivity index (χ1) is 15.4. The van der Waals surface area contributed by atoms with Crippen LogP contribution in [0.5, 0.6) is 0 Å². The van der Waals surface area contributed by atoms with E-state index in [9.17, 15) is 18.5 Å². The molecule has 0 saturated carbocycles. The lowest BCUT2D eigenvalue weighted by Crippen LogP contribution is -2.13. The zero-order valence-electron chi connectivity index (χ0n) is 17.0. The van der Waals surface area contributed by atoms with Crippen LogP contribution in [0.2, 0.25) is 0 Å². The van der Waals surface area contributed by atoms with E-state index in [2.05, 4.69) is 20.8 Å². The van der Waals surface area contributed by atoms with Crippen LogP contribution in [0, 0.1) is 11.3 Å². The Morgan fingerprint density at radius 3 is 2.47 bits per heavy atom. The van der Waals surface area contributed by atoms with Crippen LogP contribution in [-0.2, 0) is 10.0 Å². The summed E-state index contributed by atoms with van der Waals surface area (Å²) < 4.78 is 26.0. The van der Waals surface area contributed by atoms with Crippen molar-refractivity contribution in [1.29, 1.82) is 5.26 Å². The molecular formula is C24H18N4O3S. The third kappa shape index (κ3) is 4.29. The van der Waals surface area contributed by atoms with Crippen molar-refractivity contribution in [3.05, 3.63) is 95.0 Å². The quantitative estimate of drug-likeness (QED) is 0.484. The summed E-state index contributed by atoms with van der Waals surface area (Å²) in [6.07, 6.45) is 4.30. The van der Waals surface area contributed by atoms with Gasteiger partial charge in [-0.25, -0.2) is 8.42 Å². The lowest BCUT2D eigenvalue weighted by Gasteiger charge is -2.16. The highest BCUT2D eigenvalue weighted by Gasteiger charge is 2.20. The third-order valence-corrected chi connectivity index (χ3v) is 5.41. The van der Waals surface area contributed by atoms with Gasteiger partial charge < -0.3 is 4.98 Å². The maximum absolute atomic E-state index is 13.1. The molecule has 0 aliphatic rings. The SMILES string of the molecule is CS(=O)(=O)Nc1cccc(-c2c(-c3ccccn3)c[nH]c(=O)c2-c2ccccc2C#N)c1. The van der Waals surface area contributed by atoms with Crippen LogP contribution in [0.4, 0.5) is 5.69 Å². The molecular weight excluding hydrogens is 424 g/mol. The fourth-order valence-corrected chi connectivity index (χ4v) is 4.12. The van der Waals surface area contributed by atoms with Crippen molar-refractivity contribution in [3.63, 3.8) is 0 Å². The molecule has 0 aliphatic heterocycles. The molecule has 4 rings (SSSR count). The van der Waals surface area contributed by atoms with Gasteiger partial charge in [0.1, 0.15) is 0 Å². The molecule has 0 atom stereocenters. The average Bonchev–Trinajstić information content (AvgIpc) is 2.78. The van der Waals surface area contributed by atoms with Gasteiger partial charge in [-0.15, -0.1) is 0 Å². The molecule has 0 aliphatic carbocycles. The predicted octanol–water partition coefficient (Wildman–Crippen LogP) is 4.01. The number of aromatic amines is 1. The lowest BCUT2D eigenvalue weighted by atomic mass is 9.89. The number of H-pyrrole nitrogens is 1. The molecule has 2 N–H and O–H groups in total. The van der Waals surface area contributed by atoms with Crippen molar-refractivity contribution >= 4 is 15.7 Å². The second-order valence-electron chi connectivity index (χ2n) is 7.11. The van der Waals surface area contributed by atoms with Crippen molar-refractivity contribution in [3.8, 4) is 39.6 Å². The van der Waals surface area contributed by atoms with E-state index in [1.54, 1.807) is 67.0 Å². The maximum Gasteiger partial charge on any atom is 0.256 e. The van der Waals surface area contributed by atoms with Crippen LogP contribution < -0.4 is 10.3 Å². The summed E-state index contributed by atoms with van der Waals surface area (Å²) in [4.78, 5) is 20.3. The van der Waals surface area contributed by atoms with Crippen molar-refractivity contribution in [1.82, 2.24) is 9.97 Å². The van der Waals surface area contributed by atoms with Gasteiger partial charge in [-0.3, -0.25) is 14.5 Å². The Labute approximate surface area is 185 Å². The Hall–Kier alpha value is -4.22. The van der Waals surface area contributed by atoms with Crippen LogP contribution in [0.1, 0.15) is 5.56 Å². The van der Waals surface area contributed by atoms with Crippen molar-refractivity contribution in [2.75, 3.05) is 11.0 Å². The summed E-state index contributed by atoms with van der Waals surface area (Å²) in [7, 11) is -3.49. The number of aromatic nitrogens is 2. The standard InChI is InChI=1S/C24H18N4O3S/c1-32(30,31)28-18-9-6-8-16(13-18)22-20(21-11-4-5-12-26-21)15-27-24(29)23(22)19-10-3-2-7-17(19)14-25/h2-13,15,28H,1H3,(H,27,29). The number of benzene rings is 2. The summed E-state index contributed by atoms with van der Waals surface area (Å²) in [6.45, 7) is 0. The largest absolute Gasteiger partial charge is 0.328 e. The highest BCUT2D eigenvalue weighted by molar-refractivity contribution is 7.92. The highest BCUT2D eigenvalue weighted by Crippen LogP contribution is 2.38. The first kappa shape index (κ1) is 21.0. The van der Waals surface area contributed by atoms with Crippen LogP contribution >= 0.6 is 0 Å². The number of sulfonamides is 1. The molecule has 0 saturated heterocycles. The van der Waals surface area contributed by atoms with Gasteiger partial charge in [-0.1, -0.05) is 36.4 Å². The molecule has 7 nitrogen and oxygen atoms in total. The minimum atomic E-state index is -3.49. The number of nitrogens with zero attached hydrogens (tertiary/aromatic N) is 2. The van der Waals surface area contributed by atoms with Gasteiger partial charge in [0.25, 0.3) is 5.56 Å². The molecule has 4 aromatic rings. The van der Waals surface area contributed by atoms with Gasteiger partial charge in [-0.2, -0.15) is 5.26 Å². The monoisotopic (exact) mass is 442 g/mol. The van der Waals surface area contributed by atoms with Gasteiger partial charge in [0.2, 0.25) is 10.0 Å². The molecule has 0 radical (unpaired) electrons. The third-order valence-electron chi connectivity index (χ3n) is 4.81. The van der Waals surface area contributed by atoms with E-state index in [-0.39, 0.29) is 5.56 Å². The number of hydrogen-bond acceptors (Lipinski definition) is 5. The predicted molar refractivity (Wildman–Crippen MR) is 124 cm³/mol. The first-order valence-corrected chi connectivity index (χ1v) is 11.5. The van der Waals surface area contributed by atoms with Crippen molar-refractivity contribution < 1.29 is 8.42 Å². The van der Waals surface area contributed by atoms with Crippen LogP contribution in [0.3, 0.4) is 0 Å². The molecule has 0 bridgehead atoms. The second kappa shape index (κ2) is 8.49. The zero-order valence-corrected chi connectivity index (χ0v) is 17.8. The minimum absolute atomic E-state index is 0.307. The fourth-order valence-electron chi connectivity index (χ4n) is 3.56. The number of nitrogens with one attached hydrogen (secondary N) is 2. The zero-order chi connectivity index (χ0) is 22.7. The fraction of sp³-hybridized carbons (Fsp3) is 0.0417. The molecule has 158 valence electrons. The van der Waals surface area contributed by atoms with E-state index in [0.717, 1.165) is 6.26 Å². The normalized spacial score (nSPS) is 11.0. The van der Waals surface area contributed by atoms with Gasteiger partial charge >= 0.3 is 0 Å². The van der Waals surface area contributed by atoms with E-state index in [1.165, 1.54) is 0 Å². The summed E-state index contributed by atoms with van der Waals surface area (Å²) in [5, 5.41) is 9.64. The minimum Gasteiger partial charge on any atom is -0.328 e. The van der Waals surface area contributed by atoms with Gasteiger partial charge in [-0.05, 0) is 35.9 Å². The number of rotatable bonds is 5. The van der Waals surface area contributed by atoms with Crippen LogP contribution in [0.15, 0.2) is 83.9 Å². The first-order valence-electron chi connectivity index (χ1n) is 9.62. The topological polar surface area (TPSA) is 116 Å². The number of hydrogen-bond donors (Lipinski definition) is 2. The summed E-state index contributed by atoms with van der Waals surface area (Å²) in [6, 6.07) is 21.2. The van der Waals surface area contributed by atoms with Gasteiger partial charge in [0.15, 0.2) is 0 Å². The molecule has 0 unspecified atom stereocenters. The maximum atomic E-state index is 13.1. The van der Waals surface area contributed by atoms with Gasteiger partial charge in [0.05, 0.1) is 29.1 Å². The molecule has 2 aromatic carbocycles. The van der Waals surface area contributed by atoms with Crippen LogP contribution in [0.25, 0.3) is 33.5 Å². The molecule has 2 heterocycles. The number of anilines is 1. The van der Waals surface area contributed by atoms with E-state index in [0.29, 0.717) is 44.8 Å². The molecule has 2 aromatic heterocycles. The molecule has 8 heteroatoms. The number of nitriles is 1. The Bertz CT molecular complexity index is 1500. The van der Waals surface area contributed by atoms with E-state index < -0.39 is 10.0 Å². The van der Waals surface area contributed by atoms with Crippen molar-refractivity contribution in [2.24, 2.45) is 0 Å². The van der Waals surface area contributed by atoms with Crippen molar-refractivity contribution in [2.45, 2.75) is 0 Å². The summed E-state index contributed by atoms with van der Waals surface area (Å²) in [5.74, 6) is 0. The Morgan fingerprint density at radius 2 is 1.75 bits per heavy atom. The molecule has 0 fully saturated rings. The van der Waals surface area contributed by atoms with Gasteiger partial charge in [0, 0.05) is 34.8 Å². The lowest BCUT2D eigenvalue weighted by molar-refractivity contribution is 0.607. The smallest absolute Gasteiger partial charge is 0.256 e. The van der Waals surface area contributed by atoms with Crippen LogP contribution in [-0.4, -0.2) is 24.6 Å². The van der Waals surface area contributed by atoms with E-state index in [4.69, 9.17) is 0 Å². The number of pyridine rings is 2. The summed E-state index contributed by atoms with van der Waals surface area (Å²) in [5.41, 5.74) is 3.54. The second-order valence-corrected chi connectivity index (χ2v) is 8.86. The average molecular weight is 443 g/mol. The Morgan fingerprint density at radius 1 is 0.969 bits per heavy atom. The molecule has 0 amide bonds. The van der Waals surface area contributed by atoms with E-state index >= 15 is 0 Å².